The zero-order valence-electron chi connectivity index (χ0n) is 9.42. The molecular weight excluding hydrogens is 252 g/mol. The molecule has 1 N–H and O–H groups in total. The predicted octanol–water partition coefficient (Wildman–Crippen LogP) is 2.38. The Balaban J connectivity index is 1.86. The molecule has 0 unspecified atom stereocenters. The van der Waals surface area contributed by atoms with Crippen LogP contribution >= 0.6 is 11.3 Å². The Hall–Kier alpha value is -1.95. The lowest BCUT2D eigenvalue weighted by Crippen LogP contribution is -1.85. The van der Waals surface area contributed by atoms with E-state index in [1.807, 2.05) is 0 Å². The fourth-order valence-corrected chi connectivity index (χ4v) is 3.15. The van der Waals surface area contributed by atoms with E-state index >= 15 is 0 Å². The number of aromatic nitrogens is 2. The summed E-state index contributed by atoms with van der Waals surface area (Å²) in [4.78, 5) is 12.7. The highest BCUT2D eigenvalue weighted by Crippen LogP contribution is 2.35. The van der Waals surface area contributed by atoms with Crippen LogP contribution in [0.25, 0.3) is 16.8 Å². The normalized spacial score (nSPS) is 14.2. The Morgan fingerprint density at radius 2 is 2.33 bits per heavy atom. The van der Waals surface area contributed by atoms with E-state index in [2.05, 4.69) is 16.3 Å². The molecule has 0 saturated carbocycles. The molecule has 0 bridgehead atoms. The minimum atomic E-state index is -1.04. The molecule has 18 heavy (non-hydrogen) atoms. The molecule has 0 atom stereocenters. The number of carboxylic acids is 1. The van der Waals surface area contributed by atoms with Gasteiger partial charge in [0.15, 0.2) is 0 Å². The molecule has 0 fully saturated rings. The van der Waals surface area contributed by atoms with Crippen LogP contribution in [0.4, 0.5) is 0 Å². The van der Waals surface area contributed by atoms with Crippen LogP contribution in [0.5, 0.6) is 0 Å². The topological polar surface area (TPSA) is 76.2 Å². The quantitative estimate of drug-likeness (QED) is 0.859. The van der Waals surface area contributed by atoms with Crippen molar-refractivity contribution < 1.29 is 14.3 Å². The molecule has 92 valence electrons. The summed E-state index contributed by atoms with van der Waals surface area (Å²) < 4.78 is 5.40. The first-order chi connectivity index (χ1) is 8.72. The number of aryl methyl sites for hydroxylation is 2. The van der Waals surface area contributed by atoms with Crippen LogP contribution in [-0.2, 0) is 17.6 Å². The first-order valence-corrected chi connectivity index (χ1v) is 6.40. The number of thiophene rings is 1. The van der Waals surface area contributed by atoms with Crippen molar-refractivity contribution in [3.63, 3.8) is 0 Å². The lowest BCUT2D eigenvalue weighted by molar-refractivity contribution is -0.131. The van der Waals surface area contributed by atoms with E-state index in [0.717, 1.165) is 23.8 Å². The lowest BCUT2D eigenvalue weighted by Gasteiger charge is -1.87. The van der Waals surface area contributed by atoms with Gasteiger partial charge in [-0.25, -0.2) is 4.79 Å². The number of nitrogens with zero attached hydrogens (tertiary/aromatic N) is 2. The van der Waals surface area contributed by atoms with Crippen molar-refractivity contribution >= 4 is 23.4 Å². The number of rotatable bonds is 3. The molecule has 0 amide bonds. The average molecular weight is 262 g/mol. The van der Waals surface area contributed by atoms with Crippen LogP contribution in [0, 0.1) is 0 Å². The highest BCUT2D eigenvalue weighted by molar-refractivity contribution is 7.15. The van der Waals surface area contributed by atoms with Crippen LogP contribution in [-0.4, -0.2) is 21.3 Å². The minimum Gasteiger partial charge on any atom is -0.478 e. The number of hydrogen-bond acceptors (Lipinski definition) is 5. The second kappa shape index (κ2) is 4.38. The lowest BCUT2D eigenvalue weighted by atomic mass is 10.2. The van der Waals surface area contributed by atoms with Crippen molar-refractivity contribution in [2.75, 3.05) is 0 Å². The fourth-order valence-electron chi connectivity index (χ4n) is 1.98. The minimum absolute atomic E-state index is 0.209. The van der Waals surface area contributed by atoms with Gasteiger partial charge >= 0.3 is 5.97 Å². The summed E-state index contributed by atoms with van der Waals surface area (Å²) in [5.41, 5.74) is 1.37. The van der Waals surface area contributed by atoms with E-state index in [4.69, 9.17) is 9.52 Å². The molecule has 2 aromatic rings. The summed E-state index contributed by atoms with van der Waals surface area (Å²) in [5, 5.41) is 16.2. The summed E-state index contributed by atoms with van der Waals surface area (Å²) in [6.45, 7) is 0. The monoisotopic (exact) mass is 262 g/mol. The highest BCUT2D eigenvalue weighted by Gasteiger charge is 2.18. The molecule has 6 heteroatoms. The van der Waals surface area contributed by atoms with Crippen LogP contribution in [0.15, 0.2) is 16.6 Å². The first kappa shape index (κ1) is 11.2. The van der Waals surface area contributed by atoms with Gasteiger partial charge in [-0.3, -0.25) is 0 Å². The standard InChI is InChI=1S/C12H10N2O3S/c15-11(16)5-4-10-13-14-12(17-10)9-6-7-2-1-3-8(7)18-9/h4-6H,1-3H2,(H,15,16)/b5-4+. The van der Waals surface area contributed by atoms with E-state index in [1.54, 1.807) is 11.3 Å². The van der Waals surface area contributed by atoms with E-state index in [9.17, 15) is 4.79 Å². The van der Waals surface area contributed by atoms with Gasteiger partial charge in [-0.05, 0) is 30.9 Å². The van der Waals surface area contributed by atoms with Crippen molar-refractivity contribution in [1.82, 2.24) is 10.2 Å². The predicted molar refractivity (Wildman–Crippen MR) is 66.3 cm³/mol. The molecular formula is C12H10N2O3S. The highest BCUT2D eigenvalue weighted by atomic mass is 32.1. The van der Waals surface area contributed by atoms with Crippen molar-refractivity contribution in [1.29, 1.82) is 0 Å². The maximum Gasteiger partial charge on any atom is 0.328 e. The number of carbonyl (C=O) groups is 1. The summed E-state index contributed by atoms with van der Waals surface area (Å²) in [6.07, 6.45) is 5.73. The van der Waals surface area contributed by atoms with Crippen molar-refractivity contribution in [2.24, 2.45) is 0 Å². The van der Waals surface area contributed by atoms with Gasteiger partial charge in [-0.15, -0.1) is 21.5 Å². The molecule has 0 spiro atoms. The van der Waals surface area contributed by atoms with Crippen molar-refractivity contribution in [2.45, 2.75) is 19.3 Å². The molecule has 1 aliphatic carbocycles. The molecule has 2 heterocycles. The van der Waals surface area contributed by atoms with Crippen LogP contribution in [0.3, 0.4) is 0 Å². The largest absolute Gasteiger partial charge is 0.478 e. The average Bonchev–Trinajstić information content (AvgIpc) is 3.00. The van der Waals surface area contributed by atoms with Gasteiger partial charge in [0.05, 0.1) is 4.88 Å². The third-order valence-corrected chi connectivity index (χ3v) is 3.99. The Morgan fingerprint density at radius 1 is 1.44 bits per heavy atom. The Bertz CT molecular complexity index is 606. The number of fused-ring (bicyclic) bond motifs is 1. The van der Waals surface area contributed by atoms with Crippen LogP contribution in [0.2, 0.25) is 0 Å². The zero-order valence-corrected chi connectivity index (χ0v) is 10.2. The summed E-state index contributed by atoms with van der Waals surface area (Å²) in [5.74, 6) is -0.370. The Labute approximate surface area is 107 Å². The fraction of sp³-hybridized carbons (Fsp3) is 0.250. The summed E-state index contributed by atoms with van der Waals surface area (Å²) in [7, 11) is 0. The second-order valence-electron chi connectivity index (χ2n) is 4.03. The number of aliphatic carboxylic acids is 1. The van der Waals surface area contributed by atoms with Gasteiger partial charge in [0.1, 0.15) is 0 Å². The maximum absolute atomic E-state index is 10.4. The van der Waals surface area contributed by atoms with Gasteiger partial charge in [-0.2, -0.15) is 0 Å². The number of hydrogen-bond donors (Lipinski definition) is 1. The van der Waals surface area contributed by atoms with E-state index in [0.29, 0.717) is 5.89 Å². The summed E-state index contributed by atoms with van der Waals surface area (Å²) in [6, 6.07) is 2.09. The van der Waals surface area contributed by atoms with E-state index < -0.39 is 5.97 Å². The SMILES string of the molecule is O=C(O)/C=C/c1nnc(-c2cc3c(s2)CCC3)o1. The molecule has 1 aliphatic rings. The molecule has 0 aromatic carbocycles. The molecule has 0 saturated heterocycles. The van der Waals surface area contributed by atoms with E-state index in [-0.39, 0.29) is 5.89 Å². The Morgan fingerprint density at radius 3 is 3.11 bits per heavy atom. The maximum atomic E-state index is 10.4. The van der Waals surface area contributed by atoms with Gasteiger partial charge in [-0.1, -0.05) is 0 Å². The van der Waals surface area contributed by atoms with Gasteiger partial charge in [0.25, 0.3) is 5.89 Å². The summed E-state index contributed by atoms with van der Waals surface area (Å²) >= 11 is 1.68. The first-order valence-electron chi connectivity index (χ1n) is 5.59. The molecule has 2 aromatic heterocycles. The molecule has 3 rings (SSSR count). The van der Waals surface area contributed by atoms with Crippen molar-refractivity contribution in [3.8, 4) is 10.8 Å². The van der Waals surface area contributed by atoms with Crippen LogP contribution in [0.1, 0.15) is 22.8 Å². The zero-order chi connectivity index (χ0) is 12.5. The van der Waals surface area contributed by atoms with E-state index in [1.165, 1.54) is 22.9 Å². The third kappa shape index (κ3) is 2.06. The third-order valence-electron chi connectivity index (χ3n) is 2.77. The van der Waals surface area contributed by atoms with Crippen LogP contribution < -0.4 is 0 Å². The molecule has 5 nitrogen and oxygen atoms in total. The van der Waals surface area contributed by atoms with Gasteiger partial charge < -0.3 is 9.52 Å². The molecule has 0 aliphatic heterocycles. The molecule has 0 radical (unpaired) electrons. The van der Waals surface area contributed by atoms with Crippen molar-refractivity contribution in [3.05, 3.63) is 28.5 Å². The number of carboxylic acid groups (broad SMARTS) is 1. The second-order valence-corrected chi connectivity index (χ2v) is 5.17. The smallest absolute Gasteiger partial charge is 0.328 e. The van der Waals surface area contributed by atoms with Gasteiger partial charge in [0, 0.05) is 17.0 Å². The van der Waals surface area contributed by atoms with Gasteiger partial charge in [0.2, 0.25) is 5.89 Å². The Kier molecular flexibility index (Phi) is 2.71.